The van der Waals surface area contributed by atoms with Gasteiger partial charge in [0.2, 0.25) is 0 Å². The molecule has 0 saturated carbocycles. The highest BCUT2D eigenvalue weighted by Crippen LogP contribution is 2.36. The number of carbonyl (C=O) groups is 2. The average Bonchev–Trinajstić information content (AvgIpc) is 2.95. The maximum atomic E-state index is 12.8. The SMILES string of the molecule is CCC(Oc1ccc(/C=C2/SC(=S)N(c3ccc(Cl)cc3)C2=O)cc1)C(=O)O. The summed E-state index contributed by atoms with van der Waals surface area (Å²) in [6.45, 7) is 1.75. The van der Waals surface area contributed by atoms with Gasteiger partial charge in [0.25, 0.3) is 5.91 Å². The molecular weight excluding hydrogens is 418 g/mol. The van der Waals surface area contributed by atoms with E-state index in [0.29, 0.717) is 32.1 Å². The molecule has 0 radical (unpaired) electrons. The van der Waals surface area contributed by atoms with E-state index in [4.69, 9.17) is 33.7 Å². The van der Waals surface area contributed by atoms with Crippen LogP contribution in [-0.4, -0.2) is 27.4 Å². The Morgan fingerprint density at radius 2 is 1.89 bits per heavy atom. The fraction of sp³-hybridized carbons (Fsp3) is 0.150. The predicted octanol–water partition coefficient (Wildman–Crippen LogP) is 4.99. The second-order valence-corrected chi connectivity index (χ2v) is 8.03. The standard InChI is InChI=1S/C20H16ClNO4S2/c1-2-16(19(24)25)26-15-9-3-12(4-10-15)11-17-18(23)22(20(27)28-17)14-7-5-13(21)6-8-14/h3-11,16H,2H2,1H3,(H,24,25)/b17-11+. The Hall–Kier alpha value is -2.35. The van der Waals surface area contributed by atoms with Crippen molar-refractivity contribution in [2.45, 2.75) is 19.4 Å². The van der Waals surface area contributed by atoms with Gasteiger partial charge in [-0.1, -0.05) is 54.6 Å². The van der Waals surface area contributed by atoms with Crippen molar-refractivity contribution < 1.29 is 19.4 Å². The number of ether oxygens (including phenoxy) is 1. The number of carboxylic acids is 1. The summed E-state index contributed by atoms with van der Waals surface area (Å²) in [5.41, 5.74) is 1.45. The second kappa shape index (κ2) is 8.77. The summed E-state index contributed by atoms with van der Waals surface area (Å²) in [4.78, 5) is 25.8. The topological polar surface area (TPSA) is 66.8 Å². The molecule has 1 fully saturated rings. The number of anilines is 1. The smallest absolute Gasteiger partial charge is 0.344 e. The van der Waals surface area contributed by atoms with Gasteiger partial charge < -0.3 is 9.84 Å². The van der Waals surface area contributed by atoms with Gasteiger partial charge in [-0.2, -0.15) is 0 Å². The van der Waals surface area contributed by atoms with Crippen molar-refractivity contribution in [1.29, 1.82) is 0 Å². The molecule has 3 rings (SSSR count). The Kier molecular flexibility index (Phi) is 6.39. The number of hydrogen-bond donors (Lipinski definition) is 1. The molecule has 1 atom stereocenters. The summed E-state index contributed by atoms with van der Waals surface area (Å²) in [5.74, 6) is -0.743. The zero-order valence-electron chi connectivity index (χ0n) is 14.8. The molecule has 1 N–H and O–H groups in total. The predicted molar refractivity (Wildman–Crippen MR) is 116 cm³/mol. The van der Waals surface area contributed by atoms with Gasteiger partial charge in [-0.05, 0) is 54.5 Å². The van der Waals surface area contributed by atoms with Crippen LogP contribution in [0.5, 0.6) is 5.75 Å². The minimum Gasteiger partial charge on any atom is -0.479 e. The molecular formula is C20H16ClNO4S2. The van der Waals surface area contributed by atoms with Gasteiger partial charge in [0.15, 0.2) is 10.4 Å². The highest BCUT2D eigenvalue weighted by Gasteiger charge is 2.33. The highest BCUT2D eigenvalue weighted by molar-refractivity contribution is 8.27. The van der Waals surface area contributed by atoms with E-state index in [1.54, 1.807) is 61.5 Å². The van der Waals surface area contributed by atoms with E-state index >= 15 is 0 Å². The van der Waals surface area contributed by atoms with Crippen molar-refractivity contribution in [2.24, 2.45) is 0 Å². The molecule has 1 aliphatic rings. The number of carbonyl (C=O) groups excluding carboxylic acids is 1. The summed E-state index contributed by atoms with van der Waals surface area (Å²) >= 11 is 12.5. The zero-order chi connectivity index (χ0) is 20.3. The first-order chi connectivity index (χ1) is 13.4. The molecule has 0 aliphatic carbocycles. The minimum absolute atomic E-state index is 0.199. The number of thiocarbonyl (C=S) groups is 1. The van der Waals surface area contributed by atoms with E-state index in [0.717, 1.165) is 5.56 Å². The van der Waals surface area contributed by atoms with Crippen LogP contribution in [0.4, 0.5) is 5.69 Å². The first-order valence-electron chi connectivity index (χ1n) is 8.42. The van der Waals surface area contributed by atoms with Crippen LogP contribution in [0.1, 0.15) is 18.9 Å². The molecule has 8 heteroatoms. The number of hydrogen-bond acceptors (Lipinski definition) is 5. The van der Waals surface area contributed by atoms with Crippen LogP contribution >= 0.6 is 35.6 Å². The third-order valence-electron chi connectivity index (χ3n) is 3.98. The molecule has 1 unspecified atom stereocenters. The molecule has 0 bridgehead atoms. The first-order valence-corrected chi connectivity index (χ1v) is 10.0. The Bertz CT molecular complexity index is 942. The quantitative estimate of drug-likeness (QED) is 0.511. The van der Waals surface area contributed by atoms with Crippen LogP contribution in [0.2, 0.25) is 5.02 Å². The average molecular weight is 434 g/mol. The third kappa shape index (κ3) is 4.55. The van der Waals surface area contributed by atoms with Gasteiger partial charge in [-0.3, -0.25) is 9.69 Å². The number of thioether (sulfide) groups is 1. The van der Waals surface area contributed by atoms with Crippen molar-refractivity contribution in [3.63, 3.8) is 0 Å². The highest BCUT2D eigenvalue weighted by atomic mass is 35.5. The molecule has 2 aromatic carbocycles. The number of halogens is 1. The van der Waals surface area contributed by atoms with Gasteiger partial charge >= 0.3 is 5.97 Å². The molecule has 144 valence electrons. The van der Waals surface area contributed by atoms with Gasteiger partial charge in [-0.25, -0.2) is 4.79 Å². The van der Waals surface area contributed by atoms with Crippen LogP contribution in [-0.2, 0) is 9.59 Å². The molecule has 28 heavy (non-hydrogen) atoms. The largest absolute Gasteiger partial charge is 0.479 e. The lowest BCUT2D eigenvalue weighted by Crippen LogP contribution is -2.27. The lowest BCUT2D eigenvalue weighted by Gasteiger charge is -2.14. The maximum Gasteiger partial charge on any atom is 0.344 e. The molecule has 5 nitrogen and oxygen atoms in total. The van der Waals surface area contributed by atoms with E-state index in [2.05, 4.69) is 0 Å². The molecule has 1 aliphatic heterocycles. The van der Waals surface area contributed by atoms with Crippen molar-refractivity contribution in [3.8, 4) is 5.75 Å². The zero-order valence-corrected chi connectivity index (χ0v) is 17.2. The lowest BCUT2D eigenvalue weighted by atomic mass is 10.2. The molecule has 0 spiro atoms. The number of benzene rings is 2. The van der Waals surface area contributed by atoms with Crippen LogP contribution in [0, 0.1) is 0 Å². The normalized spacial score (nSPS) is 16.5. The van der Waals surface area contributed by atoms with E-state index in [9.17, 15) is 9.59 Å². The summed E-state index contributed by atoms with van der Waals surface area (Å²) in [5, 5.41) is 9.65. The molecule has 1 saturated heterocycles. The van der Waals surface area contributed by atoms with E-state index < -0.39 is 12.1 Å². The van der Waals surface area contributed by atoms with Gasteiger partial charge in [-0.15, -0.1) is 0 Å². The lowest BCUT2D eigenvalue weighted by molar-refractivity contribution is -0.145. The van der Waals surface area contributed by atoms with E-state index in [1.807, 2.05) is 0 Å². The fourth-order valence-corrected chi connectivity index (χ4v) is 3.97. The summed E-state index contributed by atoms with van der Waals surface area (Å²) in [7, 11) is 0. The Morgan fingerprint density at radius 1 is 1.25 bits per heavy atom. The van der Waals surface area contributed by atoms with E-state index in [1.165, 1.54) is 16.7 Å². The van der Waals surface area contributed by atoms with E-state index in [-0.39, 0.29) is 5.91 Å². The fourth-order valence-electron chi connectivity index (χ4n) is 2.55. The van der Waals surface area contributed by atoms with Crippen molar-refractivity contribution in [2.75, 3.05) is 4.90 Å². The summed E-state index contributed by atoms with van der Waals surface area (Å²) in [6, 6.07) is 13.8. The number of aliphatic carboxylic acids is 1. The molecule has 2 aromatic rings. The number of nitrogens with zero attached hydrogens (tertiary/aromatic N) is 1. The minimum atomic E-state index is -1.00. The number of rotatable bonds is 6. The van der Waals surface area contributed by atoms with Crippen LogP contribution < -0.4 is 9.64 Å². The Balaban J connectivity index is 1.76. The Morgan fingerprint density at radius 3 is 2.46 bits per heavy atom. The monoisotopic (exact) mass is 433 g/mol. The Labute approximate surface area is 176 Å². The van der Waals surface area contributed by atoms with Gasteiger partial charge in [0.05, 0.1) is 10.6 Å². The van der Waals surface area contributed by atoms with Gasteiger partial charge in [0, 0.05) is 5.02 Å². The maximum absolute atomic E-state index is 12.8. The van der Waals surface area contributed by atoms with Gasteiger partial charge in [0.1, 0.15) is 5.75 Å². The first kappa shape index (κ1) is 20.4. The van der Waals surface area contributed by atoms with Crippen molar-refractivity contribution in [1.82, 2.24) is 0 Å². The van der Waals surface area contributed by atoms with Crippen LogP contribution in [0.15, 0.2) is 53.4 Å². The molecule has 1 amide bonds. The third-order valence-corrected chi connectivity index (χ3v) is 5.54. The van der Waals surface area contributed by atoms with Crippen LogP contribution in [0.3, 0.4) is 0 Å². The molecule has 0 aromatic heterocycles. The number of amides is 1. The van der Waals surface area contributed by atoms with Crippen molar-refractivity contribution >= 4 is 63.5 Å². The van der Waals surface area contributed by atoms with Crippen LogP contribution in [0.25, 0.3) is 6.08 Å². The van der Waals surface area contributed by atoms with Crippen molar-refractivity contribution in [3.05, 3.63) is 64.0 Å². The molecule has 1 heterocycles. The number of carboxylic acid groups (broad SMARTS) is 1. The summed E-state index contributed by atoms with van der Waals surface area (Å²) < 4.78 is 5.89. The summed E-state index contributed by atoms with van der Waals surface area (Å²) in [6.07, 6.45) is 1.22. The second-order valence-electron chi connectivity index (χ2n) is 5.92.